The van der Waals surface area contributed by atoms with E-state index in [9.17, 15) is 5.11 Å². The van der Waals surface area contributed by atoms with Crippen molar-refractivity contribution in [1.29, 1.82) is 0 Å². The number of aromatic hydroxyl groups is 2. The molecule has 0 aromatic heterocycles. The van der Waals surface area contributed by atoms with Crippen molar-refractivity contribution in [3.63, 3.8) is 0 Å². The summed E-state index contributed by atoms with van der Waals surface area (Å²) in [6.45, 7) is 1.79. The van der Waals surface area contributed by atoms with Crippen molar-refractivity contribution in [3.8, 4) is 11.5 Å². The molecule has 0 aliphatic heterocycles. The van der Waals surface area contributed by atoms with Crippen LogP contribution in [0.5, 0.6) is 11.5 Å². The summed E-state index contributed by atoms with van der Waals surface area (Å²) < 4.78 is 10.2. The van der Waals surface area contributed by atoms with E-state index in [-0.39, 0.29) is 17.6 Å². The van der Waals surface area contributed by atoms with Crippen LogP contribution in [0, 0.1) is 0 Å². The fourth-order valence-corrected chi connectivity index (χ4v) is 1.45. The van der Waals surface area contributed by atoms with E-state index in [1.807, 2.05) is 0 Å². The molecule has 1 aromatic rings. The number of phenols is 2. The van der Waals surface area contributed by atoms with Crippen LogP contribution in [0.1, 0.15) is 5.56 Å². The molecule has 3 N–H and O–H groups in total. The van der Waals surface area contributed by atoms with Crippen molar-refractivity contribution in [3.05, 3.63) is 23.8 Å². The lowest BCUT2D eigenvalue weighted by Gasteiger charge is -2.15. The van der Waals surface area contributed by atoms with Crippen LogP contribution in [0.25, 0.3) is 0 Å². The Labute approximate surface area is 101 Å². The molecule has 0 bridgehead atoms. The van der Waals surface area contributed by atoms with Crippen LogP contribution < -0.4 is 5.32 Å². The summed E-state index contributed by atoms with van der Waals surface area (Å²) in [7, 11) is 3.27. The number of hydrogen-bond acceptors (Lipinski definition) is 5. The zero-order valence-corrected chi connectivity index (χ0v) is 10.1. The van der Waals surface area contributed by atoms with Crippen molar-refractivity contribution in [2.75, 3.05) is 27.4 Å². The van der Waals surface area contributed by atoms with Gasteiger partial charge in [-0.15, -0.1) is 0 Å². The van der Waals surface area contributed by atoms with Crippen LogP contribution in [0.15, 0.2) is 18.2 Å². The van der Waals surface area contributed by atoms with Gasteiger partial charge in [0, 0.05) is 27.3 Å². The number of methoxy groups -OCH3 is 2. The van der Waals surface area contributed by atoms with Crippen LogP contribution in [-0.4, -0.2) is 43.7 Å². The fraction of sp³-hybridized carbons (Fsp3) is 0.500. The second-order valence-corrected chi connectivity index (χ2v) is 3.77. The first-order chi connectivity index (χ1) is 8.17. The first-order valence-corrected chi connectivity index (χ1v) is 5.40. The maximum atomic E-state index is 9.32. The molecule has 0 amide bonds. The first kappa shape index (κ1) is 13.8. The Morgan fingerprint density at radius 2 is 2.00 bits per heavy atom. The van der Waals surface area contributed by atoms with Crippen LogP contribution in [0.3, 0.4) is 0 Å². The second kappa shape index (κ2) is 7.11. The lowest BCUT2D eigenvalue weighted by molar-refractivity contribution is 0.0288. The van der Waals surface area contributed by atoms with Gasteiger partial charge in [0.05, 0.1) is 12.7 Å². The number of rotatable bonds is 7. The van der Waals surface area contributed by atoms with E-state index < -0.39 is 0 Å². The Morgan fingerprint density at radius 3 is 2.59 bits per heavy atom. The van der Waals surface area contributed by atoms with E-state index in [0.29, 0.717) is 19.7 Å². The van der Waals surface area contributed by atoms with Gasteiger partial charge in [0.2, 0.25) is 0 Å². The quantitative estimate of drug-likeness (QED) is 0.617. The average molecular weight is 241 g/mol. The van der Waals surface area contributed by atoms with Crippen molar-refractivity contribution in [1.82, 2.24) is 5.32 Å². The van der Waals surface area contributed by atoms with Crippen LogP contribution in [0.2, 0.25) is 0 Å². The highest BCUT2D eigenvalue weighted by molar-refractivity contribution is 5.40. The lowest BCUT2D eigenvalue weighted by atomic mass is 10.2. The van der Waals surface area contributed by atoms with Gasteiger partial charge in [0.15, 0.2) is 11.5 Å². The molecule has 0 saturated carbocycles. The van der Waals surface area contributed by atoms with Gasteiger partial charge in [-0.05, 0) is 17.7 Å². The van der Waals surface area contributed by atoms with E-state index in [1.54, 1.807) is 20.3 Å². The van der Waals surface area contributed by atoms with Gasteiger partial charge in [-0.2, -0.15) is 0 Å². The molecular weight excluding hydrogens is 222 g/mol. The minimum Gasteiger partial charge on any atom is -0.504 e. The molecule has 1 aromatic carbocycles. The van der Waals surface area contributed by atoms with Crippen LogP contribution in [0.4, 0.5) is 0 Å². The Bertz CT molecular complexity index is 343. The molecule has 0 fully saturated rings. The van der Waals surface area contributed by atoms with E-state index in [0.717, 1.165) is 5.56 Å². The third kappa shape index (κ3) is 4.60. The van der Waals surface area contributed by atoms with Gasteiger partial charge >= 0.3 is 0 Å². The highest BCUT2D eigenvalue weighted by Crippen LogP contribution is 2.24. The molecule has 5 heteroatoms. The largest absolute Gasteiger partial charge is 0.504 e. The number of phenolic OH excluding ortho intramolecular Hbond substituents is 2. The monoisotopic (exact) mass is 241 g/mol. The van der Waals surface area contributed by atoms with Gasteiger partial charge in [-0.3, -0.25) is 0 Å². The highest BCUT2D eigenvalue weighted by atomic mass is 16.5. The molecular formula is C12H19NO4. The minimum atomic E-state index is -0.108. The standard InChI is InChI=1S/C12H19NO4/c1-16-8-10(17-2)7-13-6-9-3-4-11(14)12(15)5-9/h3-5,10,13-15H,6-8H2,1-2H3. The second-order valence-electron chi connectivity index (χ2n) is 3.77. The minimum absolute atomic E-state index is 0.00529. The van der Waals surface area contributed by atoms with Crippen molar-refractivity contribution < 1.29 is 19.7 Å². The zero-order chi connectivity index (χ0) is 12.7. The third-order valence-electron chi connectivity index (χ3n) is 2.43. The smallest absolute Gasteiger partial charge is 0.157 e. The maximum Gasteiger partial charge on any atom is 0.157 e. The summed E-state index contributed by atoms with van der Waals surface area (Å²) >= 11 is 0. The number of benzene rings is 1. The molecule has 1 atom stereocenters. The van der Waals surface area contributed by atoms with E-state index >= 15 is 0 Å². The number of hydrogen-bond donors (Lipinski definition) is 3. The zero-order valence-electron chi connectivity index (χ0n) is 10.1. The number of ether oxygens (including phenoxy) is 2. The Balaban J connectivity index is 2.37. The fourth-order valence-electron chi connectivity index (χ4n) is 1.45. The normalized spacial score (nSPS) is 12.6. The van der Waals surface area contributed by atoms with Crippen molar-refractivity contribution in [2.24, 2.45) is 0 Å². The maximum absolute atomic E-state index is 9.32. The summed E-state index contributed by atoms with van der Waals surface area (Å²) in [6.07, 6.45) is 0.00529. The molecule has 0 radical (unpaired) electrons. The van der Waals surface area contributed by atoms with Gasteiger partial charge in [-0.25, -0.2) is 0 Å². The highest BCUT2D eigenvalue weighted by Gasteiger charge is 2.06. The molecule has 17 heavy (non-hydrogen) atoms. The van der Waals surface area contributed by atoms with E-state index in [1.165, 1.54) is 12.1 Å². The van der Waals surface area contributed by atoms with Crippen LogP contribution >= 0.6 is 0 Å². The molecule has 0 aliphatic carbocycles. The molecule has 0 saturated heterocycles. The summed E-state index contributed by atoms with van der Waals surface area (Å²) in [5.41, 5.74) is 0.896. The molecule has 1 unspecified atom stereocenters. The summed E-state index contributed by atoms with van der Waals surface area (Å²) in [6, 6.07) is 4.75. The topological polar surface area (TPSA) is 71.0 Å². The Kier molecular flexibility index (Phi) is 5.76. The average Bonchev–Trinajstić information content (AvgIpc) is 2.32. The molecule has 0 heterocycles. The first-order valence-electron chi connectivity index (χ1n) is 5.40. The predicted molar refractivity (Wildman–Crippen MR) is 64.2 cm³/mol. The summed E-state index contributed by atoms with van der Waals surface area (Å²) in [5.74, 6) is -0.215. The SMILES string of the molecule is COCC(CNCc1ccc(O)c(O)c1)OC. The third-order valence-corrected chi connectivity index (χ3v) is 2.43. The Morgan fingerprint density at radius 1 is 1.24 bits per heavy atom. The van der Waals surface area contributed by atoms with Gasteiger partial charge in [-0.1, -0.05) is 6.07 Å². The number of nitrogens with one attached hydrogen (secondary N) is 1. The van der Waals surface area contributed by atoms with Crippen molar-refractivity contribution in [2.45, 2.75) is 12.6 Å². The summed E-state index contributed by atoms with van der Waals surface area (Å²) in [5, 5.41) is 21.7. The lowest BCUT2D eigenvalue weighted by Crippen LogP contribution is -2.31. The molecule has 0 spiro atoms. The van der Waals surface area contributed by atoms with Gasteiger partial charge in [0.1, 0.15) is 0 Å². The van der Waals surface area contributed by atoms with E-state index in [4.69, 9.17) is 14.6 Å². The molecule has 5 nitrogen and oxygen atoms in total. The Hall–Kier alpha value is -1.30. The molecule has 1 rings (SSSR count). The predicted octanol–water partition coefficient (Wildman–Crippen LogP) is 0.849. The van der Waals surface area contributed by atoms with Gasteiger partial charge < -0.3 is 25.0 Å². The van der Waals surface area contributed by atoms with E-state index in [2.05, 4.69) is 5.32 Å². The van der Waals surface area contributed by atoms with Crippen LogP contribution in [-0.2, 0) is 16.0 Å². The molecule has 0 aliphatic rings. The summed E-state index contributed by atoms with van der Waals surface area (Å²) in [4.78, 5) is 0. The van der Waals surface area contributed by atoms with Gasteiger partial charge in [0.25, 0.3) is 0 Å². The van der Waals surface area contributed by atoms with Crippen molar-refractivity contribution >= 4 is 0 Å². The molecule has 96 valence electrons.